The van der Waals surface area contributed by atoms with Gasteiger partial charge in [0.2, 0.25) is 88.6 Å². The average Bonchev–Trinajstić information content (AvgIpc) is 0.842. The van der Waals surface area contributed by atoms with Crippen LogP contribution in [0.3, 0.4) is 0 Å². The summed E-state index contributed by atoms with van der Waals surface area (Å²) in [5.41, 5.74) is 11.8. The molecule has 23 N–H and O–H groups in total. The minimum absolute atomic E-state index is 0.0472. The number of benzene rings is 1. The van der Waals surface area contributed by atoms with E-state index < -0.39 is 272 Å². The van der Waals surface area contributed by atoms with Crippen LogP contribution in [0.1, 0.15) is 172 Å². The van der Waals surface area contributed by atoms with E-state index in [9.17, 15) is 116 Å². The fraction of sp³-hybridized carbons (Fsp3) is 0.662. The number of aliphatic carboxylic acids is 5. The molecular weight excluding hydrogens is 1650 g/mol. The van der Waals surface area contributed by atoms with E-state index in [0.717, 1.165) is 0 Å². The predicted octanol–water partition coefficient (Wildman–Crippen LogP) is -2.33. The van der Waals surface area contributed by atoms with Crippen molar-refractivity contribution in [3.8, 4) is 0 Å². The first-order valence-electron chi connectivity index (χ1n) is 39.6. The lowest BCUT2D eigenvalue weighted by Crippen LogP contribution is -2.62. The van der Waals surface area contributed by atoms with Crippen LogP contribution in [0.4, 0.5) is 0 Å². The van der Waals surface area contributed by atoms with Crippen LogP contribution in [0.15, 0.2) is 30.3 Å². The number of carboxylic acid groups (broad SMARTS) is 5. The summed E-state index contributed by atoms with van der Waals surface area (Å²) in [5, 5.41) is 82.5. The van der Waals surface area contributed by atoms with E-state index >= 15 is 0 Å². The number of nitrogens with two attached hydrogens (primary N) is 2. The molecular formula is C77H124N16O25S3. The fourth-order valence-electron chi connectivity index (χ4n) is 11.8. The Morgan fingerprint density at radius 2 is 0.694 bits per heavy atom. The van der Waals surface area contributed by atoms with E-state index in [-0.39, 0.29) is 80.6 Å². The van der Waals surface area contributed by atoms with Crippen molar-refractivity contribution in [1.29, 1.82) is 0 Å². The number of primary amides is 1. The third kappa shape index (κ3) is 42.6. The smallest absolute Gasteiger partial charge is 0.326 e. The van der Waals surface area contributed by atoms with E-state index in [1.165, 1.54) is 51.2 Å². The molecule has 0 aliphatic heterocycles. The summed E-state index contributed by atoms with van der Waals surface area (Å²) in [6.45, 7) is 17.6. The number of nitrogens with one attached hydrogen (secondary N) is 14. The molecule has 15 amide bonds. The fourth-order valence-corrected chi connectivity index (χ4v) is 13.0. The zero-order valence-corrected chi connectivity index (χ0v) is 73.0. The van der Waals surface area contributed by atoms with Crippen molar-refractivity contribution in [1.82, 2.24) is 74.4 Å². The molecule has 0 fully saturated rings. The summed E-state index contributed by atoms with van der Waals surface area (Å²) in [5.74, 6) is -25.2. The number of carboxylic acids is 5. The number of rotatable bonds is 60. The van der Waals surface area contributed by atoms with Gasteiger partial charge in [-0.2, -0.15) is 36.2 Å². The zero-order chi connectivity index (χ0) is 92.2. The van der Waals surface area contributed by atoms with Gasteiger partial charge < -0.3 is 111 Å². The van der Waals surface area contributed by atoms with Gasteiger partial charge in [0.1, 0.15) is 84.6 Å². The molecule has 0 saturated carbocycles. The van der Waals surface area contributed by atoms with Crippen LogP contribution in [-0.4, -0.2) is 264 Å². The van der Waals surface area contributed by atoms with Gasteiger partial charge in [-0.15, -0.1) is 0 Å². The first kappa shape index (κ1) is 109. The highest BCUT2D eigenvalue weighted by molar-refractivity contribution is 7.98. The summed E-state index contributed by atoms with van der Waals surface area (Å²) >= 11 is 6.79. The van der Waals surface area contributed by atoms with Crippen LogP contribution in [0.5, 0.6) is 0 Å². The van der Waals surface area contributed by atoms with E-state index in [1.807, 2.05) is 0 Å². The summed E-state index contributed by atoms with van der Waals surface area (Å²) in [4.78, 5) is 269. The summed E-state index contributed by atoms with van der Waals surface area (Å²) in [6, 6.07) is -15.3. The first-order chi connectivity index (χ1) is 56.6. The maximum absolute atomic E-state index is 14.6. The maximum atomic E-state index is 14.6. The highest BCUT2D eigenvalue weighted by Gasteiger charge is 2.40. The molecule has 0 heterocycles. The molecule has 1 aromatic rings. The molecule has 41 nitrogen and oxygen atoms in total. The van der Waals surface area contributed by atoms with Gasteiger partial charge in [-0.25, -0.2) is 4.79 Å². The largest absolute Gasteiger partial charge is 0.481 e. The molecule has 0 aliphatic carbocycles. The third-order valence-corrected chi connectivity index (χ3v) is 20.3. The molecule has 0 saturated heterocycles. The molecule has 1 rings (SSSR count). The van der Waals surface area contributed by atoms with Crippen LogP contribution in [0.25, 0.3) is 0 Å². The topological polar surface area (TPSA) is 663 Å². The summed E-state index contributed by atoms with van der Waals surface area (Å²) in [7, 11) is 0. The Balaban J connectivity index is 3.67. The lowest BCUT2D eigenvalue weighted by atomic mass is 9.96. The quantitative estimate of drug-likeness (QED) is 0.0304. The molecule has 0 aromatic heterocycles. The molecule has 44 heteroatoms. The number of thioether (sulfide) groups is 2. The van der Waals surface area contributed by atoms with Gasteiger partial charge in [0.25, 0.3) is 0 Å². The number of thiol groups is 1. The van der Waals surface area contributed by atoms with Crippen molar-refractivity contribution in [2.45, 2.75) is 263 Å². The maximum Gasteiger partial charge on any atom is 0.326 e. The van der Waals surface area contributed by atoms with Crippen LogP contribution in [-0.2, 0) is 102 Å². The van der Waals surface area contributed by atoms with Gasteiger partial charge in [-0.05, 0) is 117 Å². The zero-order valence-electron chi connectivity index (χ0n) is 70.5. The lowest BCUT2D eigenvalue weighted by Gasteiger charge is -2.30. The molecule has 680 valence electrons. The monoisotopic (exact) mass is 1770 g/mol. The number of hydrogen-bond donors (Lipinski definition) is 22. The van der Waals surface area contributed by atoms with E-state index in [0.29, 0.717) is 5.56 Å². The minimum atomic E-state index is -2.00. The first-order valence-corrected chi connectivity index (χ1v) is 43.0. The predicted molar refractivity (Wildman–Crippen MR) is 448 cm³/mol. The second-order valence-corrected chi connectivity index (χ2v) is 33.2. The van der Waals surface area contributed by atoms with Crippen molar-refractivity contribution in [2.75, 3.05) is 29.8 Å². The second-order valence-electron chi connectivity index (χ2n) is 30.8. The van der Waals surface area contributed by atoms with Crippen molar-refractivity contribution in [2.24, 2.45) is 41.1 Å². The molecule has 0 unspecified atom stereocenters. The van der Waals surface area contributed by atoms with Crippen LogP contribution in [0, 0.1) is 29.6 Å². The van der Waals surface area contributed by atoms with Gasteiger partial charge >= 0.3 is 29.8 Å². The molecule has 0 aliphatic rings. The molecule has 16 atom stereocenters. The van der Waals surface area contributed by atoms with Gasteiger partial charge in [-0.1, -0.05) is 106 Å². The number of hydrogen-bond acceptors (Lipinski definition) is 24. The van der Waals surface area contributed by atoms with Crippen molar-refractivity contribution < 1.29 is 121 Å². The van der Waals surface area contributed by atoms with E-state index in [4.69, 9.17) is 16.6 Å². The van der Waals surface area contributed by atoms with Crippen molar-refractivity contribution in [3.05, 3.63) is 35.9 Å². The van der Waals surface area contributed by atoms with E-state index in [1.54, 1.807) is 91.3 Å². The molecule has 0 bridgehead atoms. The highest BCUT2D eigenvalue weighted by atomic mass is 32.2. The molecule has 0 spiro atoms. The number of amides is 15. The standard InChI is InChI=1S/C77H124N16O25S3/c1-14-41(10)62(76(116)84-45(21-23-56(79)94)66(106)86-50(31-38(4)5)72(112)92-61(40(8)9)75(115)83-46(22-25-58(97)98)65(105)80-42(11)63(103)90-54(77(117)118)32-39(6)7)93-73(113)53(35-60(101)102)89-67(107)47(26-28-120-12)82-74(114)55(36-119)91-68(108)48(27-29-121-13)81-70(110)51(33-43-18-16-15-17-19-43)88-69(109)49(30-37(2)3)87-71(111)52(34-59(99)100)85-64(104)44(78)20-24-57(95)96/h15-19,37-42,44-55,61-62,119H,14,20-36,78H2,1-13H3,(H2,79,94)(H,80,105)(H,81,110)(H,82,114)(H,83,115)(H,84,116)(H,85,104)(H,86,106)(H,87,111)(H,88,109)(H,89,107)(H,90,103)(H,91,108)(H,92,112)(H,93,113)(H,95,96)(H,97,98)(H,99,100)(H,101,102)(H,117,118)/t41-,42-,44-,45-,46-,47-,48-,49-,50-,51-,52-,53-,54-,55-,61-,62-/m0/s1. The van der Waals surface area contributed by atoms with Crippen LogP contribution < -0.4 is 85.9 Å². The SMILES string of the molecule is CC[C@H](C)[C@H](NC(=O)[C@H](CC(=O)O)NC(=O)[C@H](CCSC)NC(=O)[C@H](CS)NC(=O)[C@H](CCSC)NC(=O)[C@H](Cc1ccccc1)NC(=O)[C@H](CC(C)C)NC(=O)[C@H](CC(=O)O)NC(=O)[C@@H](N)CCC(=O)O)C(=O)N[C@@H](CCC(N)=O)C(=O)N[C@@H](CC(C)C)C(=O)N[C@H](C(=O)N[C@@H](CCC(=O)O)C(=O)N[C@@H](C)C(=O)N[C@@H](CC(C)C)C(=O)O)C(C)C. The van der Waals surface area contributed by atoms with Crippen molar-refractivity contribution in [3.63, 3.8) is 0 Å². The third-order valence-electron chi connectivity index (χ3n) is 18.6. The Kier molecular flexibility index (Phi) is 50.5. The van der Waals surface area contributed by atoms with Gasteiger partial charge in [0.05, 0.1) is 18.9 Å². The molecule has 121 heavy (non-hydrogen) atoms. The Hall–Kier alpha value is -10.4. The highest BCUT2D eigenvalue weighted by Crippen LogP contribution is 2.17. The lowest BCUT2D eigenvalue weighted by molar-refractivity contribution is -0.143. The van der Waals surface area contributed by atoms with Crippen LogP contribution in [0.2, 0.25) is 0 Å². The van der Waals surface area contributed by atoms with E-state index in [2.05, 4.69) is 87.1 Å². The number of carbonyl (C=O) groups is 20. The van der Waals surface area contributed by atoms with Gasteiger partial charge in [0.15, 0.2) is 0 Å². The minimum Gasteiger partial charge on any atom is -0.481 e. The van der Waals surface area contributed by atoms with Crippen LogP contribution >= 0.6 is 36.2 Å². The summed E-state index contributed by atoms with van der Waals surface area (Å²) < 4.78 is 0. The molecule has 1 aromatic carbocycles. The Morgan fingerprint density at radius 1 is 0.364 bits per heavy atom. The Labute approximate surface area is 716 Å². The normalized spacial score (nSPS) is 15.2. The Bertz CT molecular complexity index is 3710. The Morgan fingerprint density at radius 3 is 1.12 bits per heavy atom. The van der Waals surface area contributed by atoms with Gasteiger partial charge in [0, 0.05) is 31.4 Å². The second kappa shape index (κ2) is 56.3. The molecule has 0 radical (unpaired) electrons. The van der Waals surface area contributed by atoms with Crippen molar-refractivity contribution >= 4 is 155 Å². The van der Waals surface area contributed by atoms with Gasteiger partial charge in [-0.3, -0.25) is 91.1 Å². The summed E-state index contributed by atoms with van der Waals surface area (Å²) in [6.07, 6.45) is -2.41. The average molecular weight is 1770 g/mol. The number of carbonyl (C=O) groups excluding carboxylic acids is 15.